The molecule has 0 aliphatic rings. The number of aryl methyl sites for hydroxylation is 1. The zero-order valence-corrected chi connectivity index (χ0v) is 24.8. The molecule has 0 atom stereocenters. The molecule has 0 heterocycles. The molecule has 10 heteroatoms. The van der Waals surface area contributed by atoms with Gasteiger partial charge in [-0.25, -0.2) is 26.3 Å². The Hall–Kier alpha value is -5.17. The van der Waals surface area contributed by atoms with E-state index in [9.17, 15) is 13.2 Å². The Morgan fingerprint density at radius 1 is 0.596 bits per heavy atom. The van der Waals surface area contributed by atoms with Crippen LogP contribution in [0.2, 0.25) is 0 Å². The average Bonchev–Trinajstić information content (AvgIpc) is 3.00. The van der Waals surface area contributed by atoms with E-state index >= 15 is 22.0 Å². The molecule has 0 unspecified atom stereocenters. The van der Waals surface area contributed by atoms with Crippen LogP contribution in [0.3, 0.4) is 0 Å². The Bertz CT molecular complexity index is 1980. The van der Waals surface area contributed by atoms with Crippen LogP contribution in [0.1, 0.15) is 42.9 Å². The number of alkyl halides is 2. The van der Waals surface area contributed by atoms with Gasteiger partial charge in [-0.05, 0) is 83.6 Å². The molecule has 0 fully saturated rings. The van der Waals surface area contributed by atoms with Gasteiger partial charge < -0.3 is 4.74 Å². The zero-order chi connectivity index (χ0) is 33.9. The van der Waals surface area contributed by atoms with E-state index in [4.69, 9.17) is 5.26 Å². The first-order valence-electron chi connectivity index (χ1n) is 14.6. The SMILES string of the molecule is CCCCCc1ccc(-c2ccc(-c3cc(F)c(C(F)(F)Oc4ccc(-c5ccc(C#N)c(F)c5)c(F)c4)c(F)c3)c(F)c2)c(F)c1. The Morgan fingerprint density at radius 3 is 1.70 bits per heavy atom. The maximum Gasteiger partial charge on any atom is 0.432 e. The summed E-state index contributed by atoms with van der Waals surface area (Å²) in [5, 5.41) is 8.85. The fourth-order valence-corrected chi connectivity index (χ4v) is 5.22. The molecule has 5 rings (SSSR count). The van der Waals surface area contributed by atoms with E-state index < -0.39 is 57.9 Å². The van der Waals surface area contributed by atoms with E-state index in [2.05, 4.69) is 11.7 Å². The van der Waals surface area contributed by atoms with Crippen LogP contribution in [0.5, 0.6) is 5.75 Å². The van der Waals surface area contributed by atoms with Gasteiger partial charge in [0.2, 0.25) is 0 Å². The van der Waals surface area contributed by atoms with Crippen molar-refractivity contribution in [1.29, 1.82) is 5.26 Å². The molecule has 0 amide bonds. The van der Waals surface area contributed by atoms with Crippen molar-refractivity contribution < 1.29 is 39.9 Å². The summed E-state index contributed by atoms with van der Waals surface area (Å²) < 4.78 is 123. The van der Waals surface area contributed by atoms with Crippen molar-refractivity contribution in [3.63, 3.8) is 0 Å². The van der Waals surface area contributed by atoms with E-state index in [1.807, 2.05) is 0 Å². The summed E-state index contributed by atoms with van der Waals surface area (Å²) in [5.41, 5.74) is -1.92. The molecule has 0 saturated carbocycles. The molecule has 47 heavy (non-hydrogen) atoms. The highest BCUT2D eigenvalue weighted by molar-refractivity contribution is 5.72. The average molecular weight is 652 g/mol. The lowest BCUT2D eigenvalue weighted by Crippen LogP contribution is -2.25. The molecule has 240 valence electrons. The normalized spacial score (nSPS) is 11.4. The molecule has 0 aliphatic carbocycles. The number of unbranched alkanes of at least 4 members (excludes halogenated alkanes) is 2. The van der Waals surface area contributed by atoms with Crippen molar-refractivity contribution in [3.8, 4) is 45.2 Å². The first-order valence-corrected chi connectivity index (χ1v) is 14.6. The molecule has 5 aromatic rings. The van der Waals surface area contributed by atoms with Crippen molar-refractivity contribution in [3.05, 3.63) is 137 Å². The fourth-order valence-electron chi connectivity index (χ4n) is 5.22. The first-order chi connectivity index (χ1) is 22.4. The number of hydrogen-bond donors (Lipinski definition) is 0. The minimum absolute atomic E-state index is 0.00565. The van der Waals surface area contributed by atoms with Crippen molar-refractivity contribution in [1.82, 2.24) is 0 Å². The van der Waals surface area contributed by atoms with E-state index in [1.165, 1.54) is 24.3 Å². The van der Waals surface area contributed by atoms with Gasteiger partial charge in [0.25, 0.3) is 0 Å². The number of hydrogen-bond acceptors (Lipinski definition) is 2. The number of nitriles is 1. The van der Waals surface area contributed by atoms with Gasteiger partial charge in [-0.3, -0.25) is 0 Å². The van der Waals surface area contributed by atoms with Crippen LogP contribution in [-0.2, 0) is 12.5 Å². The predicted octanol–water partition coefficient (Wildman–Crippen LogP) is 11.3. The summed E-state index contributed by atoms with van der Waals surface area (Å²) in [6.45, 7) is 2.06. The van der Waals surface area contributed by atoms with E-state index in [-0.39, 0.29) is 33.4 Å². The lowest BCUT2D eigenvalue weighted by atomic mass is 9.96. The van der Waals surface area contributed by atoms with Gasteiger partial charge in [0, 0.05) is 22.8 Å². The number of benzene rings is 5. The Kier molecular flexibility index (Phi) is 9.66. The van der Waals surface area contributed by atoms with Gasteiger partial charge in [0.15, 0.2) is 0 Å². The summed E-state index contributed by atoms with van der Waals surface area (Å²) in [5.74, 6) is -7.88. The van der Waals surface area contributed by atoms with Gasteiger partial charge >= 0.3 is 6.11 Å². The molecule has 0 N–H and O–H groups in total. The van der Waals surface area contributed by atoms with Gasteiger partial charge in [-0.15, -0.1) is 0 Å². The predicted molar refractivity (Wildman–Crippen MR) is 161 cm³/mol. The van der Waals surface area contributed by atoms with Crippen LogP contribution in [0.25, 0.3) is 33.4 Å². The zero-order valence-electron chi connectivity index (χ0n) is 24.8. The van der Waals surface area contributed by atoms with Gasteiger partial charge in [-0.1, -0.05) is 50.1 Å². The highest BCUT2D eigenvalue weighted by Gasteiger charge is 2.41. The molecular formula is C37H25F8NO. The maximum atomic E-state index is 15.2. The van der Waals surface area contributed by atoms with Crippen LogP contribution in [0.4, 0.5) is 35.1 Å². The molecule has 0 radical (unpaired) electrons. The first kappa shape index (κ1) is 33.2. The minimum atomic E-state index is -4.64. The van der Waals surface area contributed by atoms with Crippen molar-refractivity contribution in [2.75, 3.05) is 0 Å². The molecule has 0 saturated heterocycles. The standard InChI is InChI=1S/C37H25F8NO/c1-2-3-4-5-21-6-11-27(31(39)14-21)23-9-12-29(32(40)16-23)25-17-34(42)36(35(43)18-25)37(44,45)47-26-10-13-28(33(41)19-26)22-7-8-24(20-46)30(38)15-22/h6-19H,2-5H2,1H3. The number of rotatable bonds is 10. The lowest BCUT2D eigenvalue weighted by Gasteiger charge is -2.20. The third-order valence-corrected chi connectivity index (χ3v) is 7.61. The van der Waals surface area contributed by atoms with Gasteiger partial charge in [0.05, 0.1) is 5.56 Å². The Labute approximate surface area is 265 Å². The maximum absolute atomic E-state index is 15.2. The molecule has 5 aromatic carbocycles. The highest BCUT2D eigenvalue weighted by atomic mass is 19.3. The van der Waals surface area contributed by atoms with E-state index in [0.717, 1.165) is 61.2 Å². The largest absolute Gasteiger partial charge is 0.432 e. The number of ether oxygens (including phenoxy) is 1. The van der Waals surface area contributed by atoms with Crippen LogP contribution in [0.15, 0.2) is 84.9 Å². The molecule has 0 bridgehead atoms. The lowest BCUT2D eigenvalue weighted by molar-refractivity contribution is -0.189. The third-order valence-electron chi connectivity index (χ3n) is 7.61. The van der Waals surface area contributed by atoms with Crippen molar-refractivity contribution >= 4 is 0 Å². The summed E-state index contributed by atoms with van der Waals surface area (Å²) >= 11 is 0. The van der Waals surface area contributed by atoms with Crippen LogP contribution < -0.4 is 4.74 Å². The molecule has 0 aliphatic heterocycles. The monoisotopic (exact) mass is 651 g/mol. The third kappa shape index (κ3) is 7.14. The van der Waals surface area contributed by atoms with E-state index in [1.54, 1.807) is 12.1 Å². The molecule has 0 spiro atoms. The van der Waals surface area contributed by atoms with Gasteiger partial charge in [0.1, 0.15) is 52.3 Å². The van der Waals surface area contributed by atoms with Crippen LogP contribution >= 0.6 is 0 Å². The van der Waals surface area contributed by atoms with Crippen LogP contribution in [-0.4, -0.2) is 0 Å². The second-order valence-electron chi connectivity index (χ2n) is 10.8. The summed E-state index contributed by atoms with van der Waals surface area (Å²) in [4.78, 5) is 0. The Morgan fingerprint density at radius 2 is 1.13 bits per heavy atom. The second kappa shape index (κ2) is 13.7. The van der Waals surface area contributed by atoms with E-state index in [0.29, 0.717) is 24.6 Å². The summed E-state index contributed by atoms with van der Waals surface area (Å²) in [7, 11) is 0. The van der Waals surface area contributed by atoms with Crippen molar-refractivity contribution in [2.24, 2.45) is 0 Å². The summed E-state index contributed by atoms with van der Waals surface area (Å²) in [6.07, 6.45) is -1.02. The van der Waals surface area contributed by atoms with Crippen LogP contribution in [0, 0.1) is 46.2 Å². The van der Waals surface area contributed by atoms with Gasteiger partial charge in [-0.2, -0.15) is 14.0 Å². The second-order valence-corrected chi connectivity index (χ2v) is 10.8. The molecule has 2 nitrogen and oxygen atoms in total. The summed E-state index contributed by atoms with van der Waals surface area (Å²) in [6, 6.07) is 16.4. The molecule has 0 aromatic heterocycles. The fraction of sp³-hybridized carbons (Fsp3) is 0.162. The topological polar surface area (TPSA) is 33.0 Å². The number of halogens is 8. The van der Waals surface area contributed by atoms with Crippen molar-refractivity contribution in [2.45, 2.75) is 38.7 Å². The number of nitrogens with zero attached hydrogens (tertiary/aromatic N) is 1. The minimum Gasteiger partial charge on any atom is -0.429 e. The Balaban J connectivity index is 1.37. The highest BCUT2D eigenvalue weighted by Crippen LogP contribution is 2.39. The quantitative estimate of drug-likeness (QED) is 0.111. The molecular weight excluding hydrogens is 626 g/mol. The smallest absolute Gasteiger partial charge is 0.429 e.